The van der Waals surface area contributed by atoms with Gasteiger partial charge in [-0.05, 0) is 55.7 Å². The van der Waals surface area contributed by atoms with Crippen molar-refractivity contribution in [1.29, 1.82) is 0 Å². The van der Waals surface area contributed by atoms with E-state index in [0.717, 1.165) is 29.8 Å². The fraction of sp³-hybridized carbons (Fsp3) is 0.333. The Labute approximate surface area is 153 Å². The highest BCUT2D eigenvalue weighted by atomic mass is 16.1. The van der Waals surface area contributed by atoms with E-state index in [2.05, 4.69) is 27.3 Å². The molecule has 3 aromatic rings. The molecule has 0 bridgehead atoms. The number of anilines is 2. The number of para-hydroxylation sites is 2. The van der Waals surface area contributed by atoms with E-state index < -0.39 is 0 Å². The lowest BCUT2D eigenvalue weighted by atomic mass is 10.1. The van der Waals surface area contributed by atoms with Crippen molar-refractivity contribution < 1.29 is 4.79 Å². The maximum Gasteiger partial charge on any atom is 0.226 e. The van der Waals surface area contributed by atoms with Crippen LogP contribution in [0.1, 0.15) is 25.7 Å². The molecule has 0 spiro atoms. The highest BCUT2D eigenvalue weighted by Crippen LogP contribution is 2.22. The minimum absolute atomic E-state index is 0.0218. The van der Waals surface area contributed by atoms with Crippen LogP contribution >= 0.6 is 0 Å². The van der Waals surface area contributed by atoms with E-state index >= 15 is 0 Å². The second-order valence-electron chi connectivity index (χ2n) is 6.82. The van der Waals surface area contributed by atoms with Gasteiger partial charge in [0.2, 0.25) is 5.91 Å². The normalized spacial score (nSPS) is 14.5. The number of aryl methyl sites for hydroxylation is 1. The van der Waals surface area contributed by atoms with Crippen molar-refractivity contribution in [2.45, 2.75) is 32.2 Å². The molecule has 0 saturated carbocycles. The van der Waals surface area contributed by atoms with E-state index in [1.807, 2.05) is 41.0 Å². The number of amides is 1. The first-order chi connectivity index (χ1) is 12.8. The lowest BCUT2D eigenvalue weighted by Crippen LogP contribution is -2.29. The van der Waals surface area contributed by atoms with Crippen LogP contribution in [0.5, 0.6) is 0 Å². The van der Waals surface area contributed by atoms with Crippen LogP contribution in [-0.2, 0) is 11.3 Å². The highest BCUT2D eigenvalue weighted by Gasteiger charge is 2.11. The number of aromatic nitrogens is 2. The van der Waals surface area contributed by atoms with Gasteiger partial charge in [0.15, 0.2) is 0 Å². The molecule has 0 aliphatic carbocycles. The maximum atomic E-state index is 12.3. The van der Waals surface area contributed by atoms with Gasteiger partial charge >= 0.3 is 0 Å². The van der Waals surface area contributed by atoms with Gasteiger partial charge < -0.3 is 14.8 Å². The third-order valence-electron chi connectivity index (χ3n) is 4.98. The quantitative estimate of drug-likeness (QED) is 0.756. The van der Waals surface area contributed by atoms with Crippen molar-refractivity contribution in [2.75, 3.05) is 23.3 Å². The number of hydrogen-bond acceptors (Lipinski definition) is 3. The van der Waals surface area contributed by atoms with Crippen LogP contribution in [0, 0.1) is 0 Å². The molecule has 1 aliphatic heterocycles. The average Bonchev–Trinajstić information content (AvgIpc) is 3.11. The van der Waals surface area contributed by atoms with Crippen LogP contribution in [0.25, 0.3) is 11.0 Å². The zero-order valence-corrected chi connectivity index (χ0v) is 14.9. The number of carbonyl (C=O) groups is 1. The van der Waals surface area contributed by atoms with Gasteiger partial charge in [-0.15, -0.1) is 0 Å². The number of nitrogens with zero attached hydrogens (tertiary/aromatic N) is 3. The zero-order valence-electron chi connectivity index (χ0n) is 14.9. The number of carbonyl (C=O) groups excluding carboxylic acids is 1. The molecule has 26 heavy (non-hydrogen) atoms. The van der Waals surface area contributed by atoms with Crippen LogP contribution in [0.15, 0.2) is 54.9 Å². The van der Waals surface area contributed by atoms with Gasteiger partial charge in [0.05, 0.1) is 17.4 Å². The number of fused-ring (bicyclic) bond motifs is 1. The molecule has 1 saturated heterocycles. The van der Waals surface area contributed by atoms with Gasteiger partial charge in [0, 0.05) is 37.4 Å². The molecule has 4 rings (SSSR count). The predicted molar refractivity (Wildman–Crippen MR) is 105 cm³/mol. The molecule has 1 fully saturated rings. The summed E-state index contributed by atoms with van der Waals surface area (Å²) in [4.78, 5) is 19.1. The third kappa shape index (κ3) is 3.72. The Kier molecular flexibility index (Phi) is 4.86. The molecule has 5 nitrogen and oxygen atoms in total. The number of rotatable bonds is 5. The van der Waals surface area contributed by atoms with Crippen molar-refractivity contribution in [3.05, 3.63) is 54.9 Å². The highest BCUT2D eigenvalue weighted by molar-refractivity contribution is 5.91. The average molecular weight is 348 g/mol. The minimum atomic E-state index is 0.0218. The number of piperidine rings is 1. The largest absolute Gasteiger partial charge is 0.372 e. The first-order valence-electron chi connectivity index (χ1n) is 9.34. The van der Waals surface area contributed by atoms with Crippen molar-refractivity contribution in [3.63, 3.8) is 0 Å². The molecule has 2 heterocycles. The first-order valence-corrected chi connectivity index (χ1v) is 9.34. The van der Waals surface area contributed by atoms with E-state index in [0.29, 0.717) is 13.0 Å². The Hall–Kier alpha value is -2.82. The Morgan fingerprint density at radius 2 is 1.77 bits per heavy atom. The van der Waals surface area contributed by atoms with Crippen molar-refractivity contribution in [3.8, 4) is 0 Å². The summed E-state index contributed by atoms with van der Waals surface area (Å²) in [6.45, 7) is 2.88. The van der Waals surface area contributed by atoms with Crippen LogP contribution in [0.3, 0.4) is 0 Å². The lowest BCUT2D eigenvalue weighted by molar-refractivity contribution is -0.116. The summed E-state index contributed by atoms with van der Waals surface area (Å²) in [6, 6.07) is 16.2. The van der Waals surface area contributed by atoms with E-state index in [1.165, 1.54) is 24.9 Å². The summed E-state index contributed by atoms with van der Waals surface area (Å²) in [6.07, 6.45) is 6.08. The van der Waals surface area contributed by atoms with E-state index in [1.54, 1.807) is 6.33 Å². The van der Waals surface area contributed by atoms with Crippen LogP contribution < -0.4 is 10.2 Å². The molecule has 1 aromatic heterocycles. The van der Waals surface area contributed by atoms with Crippen LogP contribution in [0.4, 0.5) is 11.4 Å². The monoisotopic (exact) mass is 348 g/mol. The van der Waals surface area contributed by atoms with E-state index in [4.69, 9.17) is 0 Å². The van der Waals surface area contributed by atoms with Gasteiger partial charge in [-0.25, -0.2) is 4.98 Å². The van der Waals surface area contributed by atoms with Crippen molar-refractivity contribution >= 4 is 28.3 Å². The fourth-order valence-electron chi connectivity index (χ4n) is 3.54. The Bertz CT molecular complexity index is 878. The molecule has 0 atom stereocenters. The molecular formula is C21H24N4O. The summed E-state index contributed by atoms with van der Waals surface area (Å²) in [5.41, 5.74) is 4.12. The minimum Gasteiger partial charge on any atom is -0.372 e. The first kappa shape index (κ1) is 16.6. The lowest BCUT2D eigenvalue weighted by Gasteiger charge is -2.28. The van der Waals surface area contributed by atoms with E-state index in [-0.39, 0.29) is 5.91 Å². The Morgan fingerprint density at radius 3 is 2.58 bits per heavy atom. The summed E-state index contributed by atoms with van der Waals surface area (Å²) in [7, 11) is 0. The molecule has 0 radical (unpaired) electrons. The molecule has 134 valence electrons. The number of benzene rings is 2. The molecule has 1 aliphatic rings. The third-order valence-corrected chi connectivity index (χ3v) is 4.98. The smallest absolute Gasteiger partial charge is 0.226 e. The van der Waals surface area contributed by atoms with Crippen LogP contribution in [-0.4, -0.2) is 28.5 Å². The van der Waals surface area contributed by atoms with Crippen molar-refractivity contribution in [2.24, 2.45) is 0 Å². The van der Waals surface area contributed by atoms with Gasteiger partial charge in [0.1, 0.15) is 0 Å². The zero-order chi connectivity index (χ0) is 17.8. The van der Waals surface area contributed by atoms with Crippen LogP contribution in [0.2, 0.25) is 0 Å². The molecule has 1 N–H and O–H groups in total. The second kappa shape index (κ2) is 7.60. The summed E-state index contributed by atoms with van der Waals surface area (Å²) < 4.78 is 2.02. The Morgan fingerprint density at radius 1 is 1.00 bits per heavy atom. The number of hydrogen-bond donors (Lipinski definition) is 1. The molecular weight excluding hydrogens is 324 g/mol. The van der Waals surface area contributed by atoms with Crippen molar-refractivity contribution in [1.82, 2.24) is 9.55 Å². The van der Waals surface area contributed by atoms with E-state index in [9.17, 15) is 4.79 Å². The number of nitrogens with one attached hydrogen (secondary N) is 1. The van der Waals surface area contributed by atoms with Gasteiger partial charge in [0.25, 0.3) is 0 Å². The molecule has 0 unspecified atom stereocenters. The number of imidazole rings is 1. The standard InChI is InChI=1S/C21H24N4O/c26-21(12-15-25-16-22-19-6-2-3-7-20(19)25)23-17-8-10-18(11-9-17)24-13-4-1-5-14-24/h2-3,6-11,16H,1,4-5,12-15H2,(H,23,26). The van der Waals surface area contributed by atoms with Gasteiger partial charge in [-0.1, -0.05) is 12.1 Å². The SMILES string of the molecule is O=C(CCn1cnc2ccccc21)Nc1ccc(N2CCCCC2)cc1. The summed E-state index contributed by atoms with van der Waals surface area (Å²) in [5, 5.41) is 2.99. The topological polar surface area (TPSA) is 50.2 Å². The molecule has 5 heteroatoms. The maximum absolute atomic E-state index is 12.3. The second-order valence-corrected chi connectivity index (χ2v) is 6.82. The fourth-order valence-corrected chi connectivity index (χ4v) is 3.54. The Balaban J connectivity index is 1.33. The summed E-state index contributed by atoms with van der Waals surface area (Å²) in [5.74, 6) is 0.0218. The predicted octanol–water partition coefficient (Wildman–Crippen LogP) is 4.06. The molecule has 1 amide bonds. The van der Waals surface area contributed by atoms with Gasteiger partial charge in [-0.2, -0.15) is 0 Å². The molecule has 2 aromatic carbocycles. The van der Waals surface area contributed by atoms with Gasteiger partial charge in [-0.3, -0.25) is 4.79 Å². The summed E-state index contributed by atoms with van der Waals surface area (Å²) >= 11 is 0.